The molecule has 19 heavy (non-hydrogen) atoms. The van der Waals surface area contributed by atoms with Crippen molar-refractivity contribution in [3.8, 4) is 0 Å². The van der Waals surface area contributed by atoms with Crippen molar-refractivity contribution < 1.29 is 9.90 Å². The van der Waals surface area contributed by atoms with Gasteiger partial charge in [-0.2, -0.15) is 5.10 Å². The van der Waals surface area contributed by atoms with Gasteiger partial charge in [0.1, 0.15) is 0 Å². The highest BCUT2D eigenvalue weighted by Gasteiger charge is 2.23. The van der Waals surface area contributed by atoms with E-state index in [1.54, 1.807) is 0 Å². The molecule has 1 aliphatic rings. The smallest absolute Gasteiger partial charge is 0.407 e. The molecular weight excluding hydrogens is 310 g/mol. The number of carbonyl (C=O) groups is 1. The third-order valence-electron chi connectivity index (χ3n) is 3.60. The molecule has 6 heteroatoms. The van der Waals surface area contributed by atoms with Gasteiger partial charge in [0, 0.05) is 29.1 Å². The maximum Gasteiger partial charge on any atom is 0.407 e. The summed E-state index contributed by atoms with van der Waals surface area (Å²) in [4.78, 5) is 12.3. The van der Waals surface area contributed by atoms with Crippen molar-refractivity contribution in [2.45, 2.75) is 18.9 Å². The zero-order valence-corrected chi connectivity index (χ0v) is 11.9. The van der Waals surface area contributed by atoms with Crippen LogP contribution in [0.3, 0.4) is 0 Å². The van der Waals surface area contributed by atoms with E-state index in [2.05, 4.69) is 21.0 Å². The standard InChI is InChI=1S/C13H14BrN3O2/c14-10-2-1-9-8-17(15-12(9)7-10)11-3-5-16(6-4-11)13(18)19/h1-2,7-8,11H,3-6H2,(H,18,19). The van der Waals surface area contributed by atoms with Gasteiger partial charge in [-0.3, -0.25) is 4.68 Å². The number of piperidine rings is 1. The summed E-state index contributed by atoms with van der Waals surface area (Å²) < 4.78 is 3.00. The van der Waals surface area contributed by atoms with Crippen LogP contribution in [0.25, 0.3) is 10.9 Å². The lowest BCUT2D eigenvalue weighted by Crippen LogP contribution is -2.38. The van der Waals surface area contributed by atoms with Gasteiger partial charge in [-0.25, -0.2) is 4.79 Å². The summed E-state index contributed by atoms with van der Waals surface area (Å²) in [7, 11) is 0. The van der Waals surface area contributed by atoms with Crippen LogP contribution in [-0.4, -0.2) is 39.0 Å². The quantitative estimate of drug-likeness (QED) is 0.877. The van der Waals surface area contributed by atoms with E-state index >= 15 is 0 Å². The Morgan fingerprint density at radius 3 is 2.79 bits per heavy atom. The van der Waals surface area contributed by atoms with E-state index in [9.17, 15) is 4.79 Å². The Balaban J connectivity index is 1.80. The maximum absolute atomic E-state index is 10.9. The van der Waals surface area contributed by atoms with Crippen LogP contribution in [0.1, 0.15) is 18.9 Å². The van der Waals surface area contributed by atoms with Crippen molar-refractivity contribution in [3.05, 3.63) is 28.9 Å². The first kappa shape index (κ1) is 12.5. The minimum Gasteiger partial charge on any atom is -0.465 e. The average molecular weight is 324 g/mol. The third kappa shape index (κ3) is 2.45. The highest BCUT2D eigenvalue weighted by Crippen LogP contribution is 2.25. The minimum atomic E-state index is -0.826. The van der Waals surface area contributed by atoms with Gasteiger partial charge in [0.05, 0.1) is 11.6 Å². The molecule has 1 aliphatic heterocycles. The first-order valence-electron chi connectivity index (χ1n) is 6.26. The number of carboxylic acid groups (broad SMARTS) is 1. The fraction of sp³-hybridized carbons (Fsp3) is 0.385. The number of fused-ring (bicyclic) bond motifs is 1. The van der Waals surface area contributed by atoms with Gasteiger partial charge >= 0.3 is 6.09 Å². The van der Waals surface area contributed by atoms with Gasteiger partial charge in [0.2, 0.25) is 0 Å². The van der Waals surface area contributed by atoms with Gasteiger partial charge in [-0.15, -0.1) is 0 Å². The van der Waals surface area contributed by atoms with Crippen LogP contribution in [0, 0.1) is 0 Å². The number of halogens is 1. The van der Waals surface area contributed by atoms with Crippen molar-refractivity contribution in [2.75, 3.05) is 13.1 Å². The van der Waals surface area contributed by atoms with Crippen LogP contribution in [0.5, 0.6) is 0 Å². The Kier molecular flexibility index (Phi) is 3.18. The molecule has 1 fully saturated rings. The molecule has 5 nitrogen and oxygen atoms in total. The summed E-state index contributed by atoms with van der Waals surface area (Å²) in [5.41, 5.74) is 0.968. The first-order chi connectivity index (χ1) is 9.13. The van der Waals surface area contributed by atoms with Crippen LogP contribution in [-0.2, 0) is 0 Å². The lowest BCUT2D eigenvalue weighted by atomic mass is 10.1. The largest absolute Gasteiger partial charge is 0.465 e. The normalized spacial score (nSPS) is 17.0. The molecular formula is C13H14BrN3O2. The van der Waals surface area contributed by atoms with Gasteiger partial charge < -0.3 is 10.0 Å². The Labute approximate surface area is 118 Å². The van der Waals surface area contributed by atoms with Gasteiger partial charge in [-0.05, 0) is 25.0 Å². The van der Waals surface area contributed by atoms with Crippen molar-refractivity contribution >= 4 is 32.9 Å². The zero-order chi connectivity index (χ0) is 13.4. The van der Waals surface area contributed by atoms with Crippen molar-refractivity contribution in [3.63, 3.8) is 0 Å². The fourth-order valence-electron chi connectivity index (χ4n) is 2.52. The van der Waals surface area contributed by atoms with E-state index < -0.39 is 6.09 Å². The third-order valence-corrected chi connectivity index (χ3v) is 4.09. The molecule has 1 aromatic heterocycles. The number of amides is 1. The first-order valence-corrected chi connectivity index (χ1v) is 7.05. The molecule has 0 aliphatic carbocycles. The highest BCUT2D eigenvalue weighted by molar-refractivity contribution is 9.10. The van der Waals surface area contributed by atoms with Crippen molar-refractivity contribution in [1.82, 2.24) is 14.7 Å². The summed E-state index contributed by atoms with van der Waals surface area (Å²) >= 11 is 3.44. The second-order valence-electron chi connectivity index (χ2n) is 4.81. The molecule has 0 unspecified atom stereocenters. The lowest BCUT2D eigenvalue weighted by molar-refractivity contribution is 0.124. The van der Waals surface area contributed by atoms with Crippen LogP contribution in [0.15, 0.2) is 28.9 Å². The number of hydrogen-bond acceptors (Lipinski definition) is 2. The monoisotopic (exact) mass is 323 g/mol. The Hall–Kier alpha value is -1.56. The molecule has 0 atom stereocenters. The van der Waals surface area contributed by atoms with Crippen LogP contribution in [0.4, 0.5) is 4.79 Å². The predicted octanol–water partition coefficient (Wildman–Crippen LogP) is 3.11. The SMILES string of the molecule is O=C(O)N1CCC(n2cc3ccc(Br)cc3n2)CC1. The van der Waals surface area contributed by atoms with Gasteiger partial charge in [0.25, 0.3) is 0 Å². The van der Waals surface area contributed by atoms with Crippen LogP contribution < -0.4 is 0 Å². The number of aromatic nitrogens is 2. The molecule has 0 bridgehead atoms. The minimum absolute atomic E-state index is 0.293. The molecule has 1 saturated heterocycles. The van der Waals surface area contributed by atoms with E-state index in [1.807, 2.05) is 29.1 Å². The molecule has 0 saturated carbocycles. The molecule has 3 rings (SSSR count). The van der Waals surface area contributed by atoms with Crippen molar-refractivity contribution in [1.29, 1.82) is 0 Å². The van der Waals surface area contributed by atoms with E-state index in [0.29, 0.717) is 19.1 Å². The summed E-state index contributed by atoms with van der Waals surface area (Å²) in [6, 6.07) is 6.33. The Morgan fingerprint density at radius 1 is 1.37 bits per heavy atom. The lowest BCUT2D eigenvalue weighted by Gasteiger charge is -2.29. The van der Waals surface area contributed by atoms with Crippen LogP contribution in [0.2, 0.25) is 0 Å². The molecule has 2 heterocycles. The fourth-order valence-corrected chi connectivity index (χ4v) is 2.87. The van der Waals surface area contributed by atoms with Gasteiger partial charge in [0.15, 0.2) is 0 Å². The second-order valence-corrected chi connectivity index (χ2v) is 5.73. The Morgan fingerprint density at radius 2 is 2.11 bits per heavy atom. The van der Waals surface area contributed by atoms with E-state index in [4.69, 9.17) is 5.11 Å². The summed E-state index contributed by atoms with van der Waals surface area (Å²) in [5, 5.41) is 14.6. The molecule has 100 valence electrons. The van der Waals surface area contributed by atoms with Gasteiger partial charge in [-0.1, -0.05) is 22.0 Å². The summed E-state index contributed by atoms with van der Waals surface area (Å²) in [6.45, 7) is 1.17. The molecule has 0 radical (unpaired) electrons. The number of likely N-dealkylation sites (tertiary alicyclic amines) is 1. The topological polar surface area (TPSA) is 58.4 Å². The summed E-state index contributed by atoms with van der Waals surface area (Å²) in [6.07, 6.45) is 2.86. The molecule has 1 N–H and O–H groups in total. The molecule has 2 aromatic rings. The molecule has 1 amide bonds. The summed E-state index contributed by atoms with van der Waals surface area (Å²) in [5.74, 6) is 0. The molecule has 0 spiro atoms. The molecule has 1 aromatic carbocycles. The second kappa shape index (κ2) is 4.85. The number of nitrogens with zero attached hydrogens (tertiary/aromatic N) is 3. The van der Waals surface area contributed by atoms with E-state index in [-0.39, 0.29) is 0 Å². The van der Waals surface area contributed by atoms with Crippen molar-refractivity contribution in [2.24, 2.45) is 0 Å². The van der Waals surface area contributed by atoms with E-state index in [0.717, 1.165) is 28.2 Å². The number of rotatable bonds is 1. The predicted molar refractivity (Wildman–Crippen MR) is 75.3 cm³/mol. The van der Waals surface area contributed by atoms with E-state index in [1.165, 1.54) is 4.90 Å². The number of benzene rings is 1. The number of hydrogen-bond donors (Lipinski definition) is 1. The Bertz CT molecular complexity index is 617. The highest BCUT2D eigenvalue weighted by atomic mass is 79.9. The zero-order valence-electron chi connectivity index (χ0n) is 10.3. The average Bonchev–Trinajstić information content (AvgIpc) is 2.81. The van der Waals surface area contributed by atoms with Crippen LogP contribution >= 0.6 is 15.9 Å². The maximum atomic E-state index is 10.9.